The maximum atomic E-state index is 11.4. The van der Waals surface area contributed by atoms with Crippen LogP contribution in [-0.4, -0.2) is 23.9 Å². The number of carbonyl (C=O) groups excluding carboxylic acids is 1. The molecule has 1 amide bonds. The van der Waals surface area contributed by atoms with Crippen LogP contribution in [0.15, 0.2) is 36.4 Å². The lowest BCUT2D eigenvalue weighted by atomic mass is 10.2. The van der Waals surface area contributed by atoms with Crippen molar-refractivity contribution in [1.29, 1.82) is 0 Å². The first kappa shape index (κ1) is 11.9. The topological polar surface area (TPSA) is 20.3 Å². The fourth-order valence-electron chi connectivity index (χ4n) is 1.82. The fraction of sp³-hybridized carbons (Fsp3) is 0.400. The summed E-state index contributed by atoms with van der Waals surface area (Å²) in [7, 11) is 0. The van der Waals surface area contributed by atoms with Gasteiger partial charge in [0.2, 0.25) is 5.91 Å². The van der Waals surface area contributed by atoms with Gasteiger partial charge < -0.3 is 4.90 Å². The van der Waals surface area contributed by atoms with Crippen LogP contribution in [-0.2, 0) is 4.79 Å². The number of hydrogen-bond donors (Lipinski definition) is 0. The number of benzene rings is 1. The highest BCUT2D eigenvalue weighted by Gasteiger charge is 2.24. The molecular formula is C15H19NO. The molecule has 2 nitrogen and oxygen atoms in total. The van der Waals surface area contributed by atoms with E-state index in [1.54, 1.807) is 6.92 Å². The van der Waals surface area contributed by atoms with Crippen molar-refractivity contribution in [2.45, 2.75) is 19.8 Å². The Hall–Kier alpha value is -1.57. The van der Waals surface area contributed by atoms with Gasteiger partial charge in [0.05, 0.1) is 0 Å². The monoisotopic (exact) mass is 229 g/mol. The summed E-state index contributed by atoms with van der Waals surface area (Å²) < 4.78 is 0. The molecule has 90 valence electrons. The molecule has 2 heteroatoms. The SMILES string of the molecule is CC(=O)N(C/C=C/c1ccccc1)CC1CC1. The first-order valence-electron chi connectivity index (χ1n) is 6.23. The van der Waals surface area contributed by atoms with Crippen LogP contribution in [0.5, 0.6) is 0 Å². The highest BCUT2D eigenvalue weighted by Crippen LogP contribution is 2.29. The molecule has 2 rings (SSSR count). The zero-order chi connectivity index (χ0) is 12.1. The van der Waals surface area contributed by atoms with Crippen molar-refractivity contribution < 1.29 is 4.79 Å². The van der Waals surface area contributed by atoms with Crippen molar-refractivity contribution in [3.05, 3.63) is 42.0 Å². The predicted octanol–water partition coefficient (Wildman–Crippen LogP) is 2.96. The molecule has 0 N–H and O–H groups in total. The van der Waals surface area contributed by atoms with Gasteiger partial charge in [-0.3, -0.25) is 4.79 Å². The van der Waals surface area contributed by atoms with Crippen LogP contribution in [0.25, 0.3) is 6.08 Å². The second kappa shape index (κ2) is 5.67. The molecule has 0 unspecified atom stereocenters. The molecule has 0 aromatic heterocycles. The lowest BCUT2D eigenvalue weighted by molar-refractivity contribution is -0.128. The molecule has 0 radical (unpaired) electrons. The molecule has 1 aromatic carbocycles. The molecule has 1 fully saturated rings. The minimum absolute atomic E-state index is 0.176. The smallest absolute Gasteiger partial charge is 0.219 e. The maximum absolute atomic E-state index is 11.4. The molecule has 0 spiro atoms. The minimum Gasteiger partial charge on any atom is -0.339 e. The summed E-state index contributed by atoms with van der Waals surface area (Å²) in [6.45, 7) is 3.30. The molecular weight excluding hydrogens is 210 g/mol. The molecule has 0 aliphatic heterocycles. The number of carbonyl (C=O) groups is 1. The van der Waals surface area contributed by atoms with Crippen LogP contribution in [0.3, 0.4) is 0 Å². The van der Waals surface area contributed by atoms with E-state index < -0.39 is 0 Å². The van der Waals surface area contributed by atoms with Gasteiger partial charge >= 0.3 is 0 Å². The average molecular weight is 229 g/mol. The van der Waals surface area contributed by atoms with Gasteiger partial charge in [-0.1, -0.05) is 42.5 Å². The van der Waals surface area contributed by atoms with Gasteiger partial charge in [-0.15, -0.1) is 0 Å². The van der Waals surface area contributed by atoms with Crippen LogP contribution in [0.2, 0.25) is 0 Å². The van der Waals surface area contributed by atoms with Crippen molar-refractivity contribution in [3.8, 4) is 0 Å². The van der Waals surface area contributed by atoms with Crippen molar-refractivity contribution in [2.75, 3.05) is 13.1 Å². The summed E-state index contributed by atoms with van der Waals surface area (Å²) in [6, 6.07) is 10.2. The Balaban J connectivity index is 1.85. The zero-order valence-corrected chi connectivity index (χ0v) is 10.3. The first-order chi connectivity index (χ1) is 8.25. The van der Waals surface area contributed by atoms with Gasteiger partial charge in [0.15, 0.2) is 0 Å². The Morgan fingerprint density at radius 3 is 2.65 bits per heavy atom. The summed E-state index contributed by atoms with van der Waals surface area (Å²) in [4.78, 5) is 13.4. The van der Waals surface area contributed by atoms with Gasteiger partial charge in [-0.2, -0.15) is 0 Å². The maximum Gasteiger partial charge on any atom is 0.219 e. The highest BCUT2D eigenvalue weighted by atomic mass is 16.2. The number of rotatable bonds is 5. The van der Waals surface area contributed by atoms with Crippen LogP contribution >= 0.6 is 0 Å². The Morgan fingerprint density at radius 2 is 2.06 bits per heavy atom. The molecule has 1 aromatic rings. The molecule has 0 saturated heterocycles. The normalized spacial score (nSPS) is 15.1. The predicted molar refractivity (Wildman–Crippen MR) is 70.5 cm³/mol. The Labute approximate surface area is 103 Å². The lowest BCUT2D eigenvalue weighted by Gasteiger charge is -2.18. The third-order valence-corrected chi connectivity index (χ3v) is 3.06. The van der Waals surface area contributed by atoms with Crippen LogP contribution in [0.1, 0.15) is 25.3 Å². The zero-order valence-electron chi connectivity index (χ0n) is 10.3. The van der Waals surface area contributed by atoms with Crippen LogP contribution in [0, 0.1) is 5.92 Å². The largest absolute Gasteiger partial charge is 0.339 e. The van der Waals surface area contributed by atoms with Crippen molar-refractivity contribution in [2.24, 2.45) is 5.92 Å². The van der Waals surface area contributed by atoms with Crippen molar-refractivity contribution in [1.82, 2.24) is 4.90 Å². The third kappa shape index (κ3) is 4.06. The van der Waals surface area contributed by atoms with E-state index in [4.69, 9.17) is 0 Å². The second-order valence-electron chi connectivity index (χ2n) is 4.68. The van der Waals surface area contributed by atoms with Crippen molar-refractivity contribution in [3.63, 3.8) is 0 Å². The number of amides is 1. The van der Waals surface area contributed by atoms with Gasteiger partial charge in [-0.25, -0.2) is 0 Å². The van der Waals surface area contributed by atoms with E-state index in [2.05, 4.69) is 24.3 Å². The van der Waals surface area contributed by atoms with Crippen molar-refractivity contribution >= 4 is 12.0 Å². The molecule has 17 heavy (non-hydrogen) atoms. The highest BCUT2D eigenvalue weighted by molar-refractivity contribution is 5.73. The second-order valence-corrected chi connectivity index (χ2v) is 4.68. The Kier molecular flexibility index (Phi) is 3.97. The lowest BCUT2D eigenvalue weighted by Crippen LogP contribution is -2.30. The summed E-state index contributed by atoms with van der Waals surface area (Å²) in [6.07, 6.45) is 6.71. The fourth-order valence-corrected chi connectivity index (χ4v) is 1.82. The summed E-state index contributed by atoms with van der Waals surface area (Å²) in [5, 5.41) is 0. The van der Waals surface area contributed by atoms with Gasteiger partial charge in [0, 0.05) is 20.0 Å². The van der Waals surface area contributed by atoms with E-state index in [1.807, 2.05) is 23.1 Å². The van der Waals surface area contributed by atoms with E-state index >= 15 is 0 Å². The Bertz CT molecular complexity index is 393. The third-order valence-electron chi connectivity index (χ3n) is 3.06. The van der Waals surface area contributed by atoms with E-state index in [9.17, 15) is 4.79 Å². The summed E-state index contributed by atoms with van der Waals surface area (Å²) in [5.74, 6) is 0.929. The van der Waals surface area contributed by atoms with E-state index in [0.717, 1.165) is 19.0 Å². The van der Waals surface area contributed by atoms with E-state index in [1.165, 1.54) is 18.4 Å². The standard InChI is InChI=1S/C15H19NO/c1-13(17)16(12-15-9-10-15)11-5-8-14-6-3-2-4-7-14/h2-8,15H,9-12H2,1H3/b8-5+. The molecule has 1 aliphatic rings. The average Bonchev–Trinajstić information content (AvgIpc) is 3.13. The molecule has 0 atom stereocenters. The van der Waals surface area contributed by atoms with Gasteiger partial charge in [0.25, 0.3) is 0 Å². The molecule has 0 bridgehead atoms. The first-order valence-corrected chi connectivity index (χ1v) is 6.23. The Morgan fingerprint density at radius 1 is 1.35 bits per heavy atom. The van der Waals surface area contributed by atoms with E-state index in [-0.39, 0.29) is 5.91 Å². The molecule has 0 heterocycles. The van der Waals surface area contributed by atoms with Crippen LogP contribution < -0.4 is 0 Å². The quantitative estimate of drug-likeness (QED) is 0.760. The van der Waals surface area contributed by atoms with E-state index in [0.29, 0.717) is 0 Å². The van der Waals surface area contributed by atoms with Crippen LogP contribution in [0.4, 0.5) is 0 Å². The van der Waals surface area contributed by atoms with Gasteiger partial charge in [0.1, 0.15) is 0 Å². The minimum atomic E-state index is 0.176. The molecule has 1 saturated carbocycles. The molecule has 1 aliphatic carbocycles. The summed E-state index contributed by atoms with van der Waals surface area (Å²) >= 11 is 0. The number of hydrogen-bond acceptors (Lipinski definition) is 1. The van der Waals surface area contributed by atoms with Gasteiger partial charge in [-0.05, 0) is 24.3 Å². The number of nitrogens with zero attached hydrogens (tertiary/aromatic N) is 1. The summed E-state index contributed by atoms with van der Waals surface area (Å²) in [5.41, 5.74) is 1.18.